The number of benzene rings is 1. The monoisotopic (exact) mass is 209 g/mol. The summed E-state index contributed by atoms with van der Waals surface area (Å²) in [6.45, 7) is 4.35. The molecule has 0 saturated heterocycles. The molecule has 0 radical (unpaired) electrons. The molecule has 1 rings (SSSR count). The molecule has 0 bridgehead atoms. The minimum absolute atomic E-state index is 0.0365. The van der Waals surface area contributed by atoms with Crippen molar-refractivity contribution in [2.45, 2.75) is 39.2 Å². The van der Waals surface area contributed by atoms with E-state index < -0.39 is 0 Å². The van der Waals surface area contributed by atoms with Gasteiger partial charge in [0, 0.05) is 6.04 Å². The molecule has 0 aliphatic rings. The summed E-state index contributed by atoms with van der Waals surface area (Å²) in [6.07, 6.45) is 3.22. The fraction of sp³-hybridized carbons (Fsp3) is 0.538. The third-order valence-electron chi connectivity index (χ3n) is 3.02. The highest BCUT2D eigenvalue weighted by atomic mass is 19.1. The Labute approximate surface area is 91.5 Å². The third-order valence-corrected chi connectivity index (χ3v) is 3.02. The first-order chi connectivity index (χ1) is 7.17. The summed E-state index contributed by atoms with van der Waals surface area (Å²) in [5.74, 6) is 0.441. The molecule has 15 heavy (non-hydrogen) atoms. The normalized spacial score (nSPS) is 13.1. The summed E-state index contributed by atoms with van der Waals surface area (Å²) < 4.78 is 13.0. The lowest BCUT2D eigenvalue weighted by atomic mass is 9.92. The molecular formula is C13H20FN. The van der Waals surface area contributed by atoms with Crippen molar-refractivity contribution >= 4 is 0 Å². The molecule has 0 aliphatic carbocycles. The molecule has 0 unspecified atom stereocenters. The maximum Gasteiger partial charge on any atom is 0.123 e. The van der Waals surface area contributed by atoms with E-state index in [2.05, 4.69) is 13.8 Å². The van der Waals surface area contributed by atoms with Gasteiger partial charge >= 0.3 is 0 Å². The van der Waals surface area contributed by atoms with Crippen LogP contribution >= 0.6 is 0 Å². The molecule has 0 heterocycles. The van der Waals surface area contributed by atoms with Gasteiger partial charge in [0.2, 0.25) is 0 Å². The van der Waals surface area contributed by atoms with Crippen LogP contribution in [0.1, 0.15) is 44.7 Å². The molecule has 2 N–H and O–H groups in total. The van der Waals surface area contributed by atoms with Gasteiger partial charge in [-0.1, -0.05) is 38.8 Å². The predicted octanol–water partition coefficient (Wildman–Crippen LogP) is 3.65. The maximum absolute atomic E-state index is 13.0. The van der Waals surface area contributed by atoms with Gasteiger partial charge in [0.15, 0.2) is 0 Å². The first-order valence-electron chi connectivity index (χ1n) is 5.68. The first-order valence-corrected chi connectivity index (χ1v) is 5.68. The van der Waals surface area contributed by atoms with Gasteiger partial charge < -0.3 is 5.73 Å². The quantitative estimate of drug-likeness (QED) is 0.787. The summed E-state index contributed by atoms with van der Waals surface area (Å²) in [4.78, 5) is 0. The first kappa shape index (κ1) is 12.2. The number of hydrogen-bond donors (Lipinski definition) is 1. The Morgan fingerprint density at radius 1 is 1.27 bits per heavy atom. The van der Waals surface area contributed by atoms with Gasteiger partial charge in [-0.05, 0) is 30.0 Å². The second-order valence-corrected chi connectivity index (χ2v) is 4.08. The zero-order chi connectivity index (χ0) is 11.3. The molecule has 84 valence electrons. The van der Waals surface area contributed by atoms with Crippen LogP contribution in [0.4, 0.5) is 4.39 Å². The van der Waals surface area contributed by atoms with Crippen LogP contribution in [-0.4, -0.2) is 0 Å². The average molecular weight is 209 g/mol. The fourth-order valence-corrected chi connectivity index (χ4v) is 1.85. The van der Waals surface area contributed by atoms with Crippen LogP contribution in [0.3, 0.4) is 0 Å². The van der Waals surface area contributed by atoms with E-state index in [0.717, 1.165) is 24.8 Å². The third kappa shape index (κ3) is 3.63. The summed E-state index contributed by atoms with van der Waals surface area (Å²) in [6, 6.07) is 6.57. The largest absolute Gasteiger partial charge is 0.324 e. The van der Waals surface area contributed by atoms with E-state index in [4.69, 9.17) is 5.73 Å². The number of rotatable bonds is 5. The Morgan fingerprint density at radius 2 is 1.93 bits per heavy atom. The van der Waals surface area contributed by atoms with Gasteiger partial charge in [0.25, 0.3) is 0 Å². The van der Waals surface area contributed by atoms with Crippen LogP contribution in [-0.2, 0) is 0 Å². The zero-order valence-corrected chi connectivity index (χ0v) is 9.54. The molecule has 1 nitrogen and oxygen atoms in total. The Hall–Kier alpha value is -0.890. The van der Waals surface area contributed by atoms with Crippen LogP contribution in [0.2, 0.25) is 0 Å². The van der Waals surface area contributed by atoms with Gasteiger partial charge in [-0.2, -0.15) is 0 Å². The molecule has 0 saturated carbocycles. The molecular weight excluding hydrogens is 189 g/mol. The predicted molar refractivity (Wildman–Crippen MR) is 62.0 cm³/mol. The van der Waals surface area contributed by atoms with Crippen LogP contribution in [0.25, 0.3) is 0 Å². The Balaban J connectivity index is 2.64. The standard InChI is InChI=1S/C13H20FN/c1-3-10(4-2)8-13(15)11-6-5-7-12(14)9-11/h5-7,9-10,13H,3-4,8,15H2,1-2H3/t13-/m0/s1. The van der Waals surface area contributed by atoms with Crippen molar-refractivity contribution in [3.05, 3.63) is 35.6 Å². The van der Waals surface area contributed by atoms with Crippen LogP contribution in [0, 0.1) is 11.7 Å². The van der Waals surface area contributed by atoms with Crippen molar-refractivity contribution in [3.8, 4) is 0 Å². The van der Waals surface area contributed by atoms with Crippen molar-refractivity contribution in [3.63, 3.8) is 0 Å². The lowest BCUT2D eigenvalue weighted by Crippen LogP contribution is -2.15. The molecule has 0 aliphatic heterocycles. The molecule has 2 heteroatoms. The van der Waals surface area contributed by atoms with Crippen molar-refractivity contribution in [2.24, 2.45) is 11.7 Å². The van der Waals surface area contributed by atoms with Crippen LogP contribution in [0.5, 0.6) is 0 Å². The molecule has 1 aromatic carbocycles. The molecule has 0 spiro atoms. The zero-order valence-electron chi connectivity index (χ0n) is 9.54. The van der Waals surface area contributed by atoms with Crippen molar-refractivity contribution < 1.29 is 4.39 Å². The lowest BCUT2D eigenvalue weighted by Gasteiger charge is -2.18. The average Bonchev–Trinajstić information content (AvgIpc) is 2.25. The smallest absolute Gasteiger partial charge is 0.123 e. The van der Waals surface area contributed by atoms with Gasteiger partial charge in [-0.15, -0.1) is 0 Å². The summed E-state index contributed by atoms with van der Waals surface area (Å²) in [5.41, 5.74) is 6.95. The van der Waals surface area contributed by atoms with Crippen molar-refractivity contribution in [1.29, 1.82) is 0 Å². The molecule has 1 aromatic rings. The van der Waals surface area contributed by atoms with Gasteiger partial charge in [-0.25, -0.2) is 4.39 Å². The van der Waals surface area contributed by atoms with Crippen molar-refractivity contribution in [2.75, 3.05) is 0 Å². The molecule has 0 fully saturated rings. The van der Waals surface area contributed by atoms with Crippen LogP contribution < -0.4 is 5.73 Å². The Kier molecular flexibility index (Phi) is 4.76. The number of hydrogen-bond acceptors (Lipinski definition) is 1. The Bertz CT molecular complexity index is 294. The topological polar surface area (TPSA) is 26.0 Å². The second kappa shape index (κ2) is 5.86. The summed E-state index contributed by atoms with van der Waals surface area (Å²) >= 11 is 0. The van der Waals surface area contributed by atoms with E-state index in [1.165, 1.54) is 12.1 Å². The maximum atomic E-state index is 13.0. The summed E-state index contributed by atoms with van der Waals surface area (Å²) in [7, 11) is 0. The Morgan fingerprint density at radius 3 is 2.47 bits per heavy atom. The van der Waals surface area contributed by atoms with Crippen molar-refractivity contribution in [1.82, 2.24) is 0 Å². The number of nitrogens with two attached hydrogens (primary N) is 1. The minimum Gasteiger partial charge on any atom is -0.324 e. The molecule has 0 aromatic heterocycles. The highest BCUT2D eigenvalue weighted by Crippen LogP contribution is 2.23. The van der Waals surface area contributed by atoms with E-state index in [1.54, 1.807) is 6.07 Å². The minimum atomic E-state index is -0.201. The number of halogens is 1. The van der Waals surface area contributed by atoms with Crippen LogP contribution in [0.15, 0.2) is 24.3 Å². The molecule has 0 amide bonds. The highest BCUT2D eigenvalue weighted by molar-refractivity contribution is 5.19. The molecule has 1 atom stereocenters. The van der Waals surface area contributed by atoms with E-state index >= 15 is 0 Å². The lowest BCUT2D eigenvalue weighted by molar-refractivity contribution is 0.414. The fourth-order valence-electron chi connectivity index (χ4n) is 1.85. The van der Waals surface area contributed by atoms with E-state index in [-0.39, 0.29) is 11.9 Å². The van der Waals surface area contributed by atoms with Gasteiger partial charge in [0.05, 0.1) is 0 Å². The van der Waals surface area contributed by atoms with E-state index in [9.17, 15) is 4.39 Å². The SMILES string of the molecule is CCC(CC)C[C@H](N)c1cccc(F)c1. The van der Waals surface area contributed by atoms with E-state index in [1.807, 2.05) is 6.07 Å². The summed E-state index contributed by atoms with van der Waals surface area (Å²) in [5, 5.41) is 0. The second-order valence-electron chi connectivity index (χ2n) is 4.08. The van der Waals surface area contributed by atoms with Gasteiger partial charge in [0.1, 0.15) is 5.82 Å². The highest BCUT2D eigenvalue weighted by Gasteiger charge is 2.12. The van der Waals surface area contributed by atoms with Gasteiger partial charge in [-0.3, -0.25) is 0 Å². The van der Waals surface area contributed by atoms with E-state index in [0.29, 0.717) is 5.92 Å².